The second-order valence-electron chi connectivity index (χ2n) is 6.31. The van der Waals surface area contributed by atoms with Crippen molar-refractivity contribution < 1.29 is 9.59 Å². The first-order chi connectivity index (χ1) is 11.5. The van der Waals surface area contributed by atoms with E-state index in [2.05, 4.69) is 17.6 Å². The molecule has 1 aromatic rings. The Morgan fingerprint density at radius 1 is 1.08 bits per heavy atom. The molecule has 24 heavy (non-hydrogen) atoms. The molecule has 1 aliphatic rings. The van der Waals surface area contributed by atoms with Gasteiger partial charge in [-0.05, 0) is 50.3 Å². The first-order valence-corrected chi connectivity index (χ1v) is 9.30. The molecule has 1 aromatic carbocycles. The van der Waals surface area contributed by atoms with Crippen LogP contribution < -0.4 is 10.6 Å². The molecule has 2 N–H and O–H groups in total. The fraction of sp³-hybridized carbons (Fsp3) is 0.556. The molecule has 0 aliphatic heterocycles. The van der Waals surface area contributed by atoms with Crippen molar-refractivity contribution in [3.8, 4) is 0 Å². The zero-order chi connectivity index (χ0) is 17.5. The van der Waals surface area contributed by atoms with Crippen molar-refractivity contribution in [3.05, 3.63) is 28.2 Å². The number of unbranched alkanes of at least 4 members (excludes halogenated alkanes) is 1. The van der Waals surface area contributed by atoms with E-state index < -0.39 is 0 Å². The minimum atomic E-state index is -0.0836. The molecule has 0 radical (unpaired) electrons. The standard InChI is InChI=1S/C18H24Cl2N2O2/c1-2-3-10-21-17(23)12-4-6-13(7-5-12)18(24)22-16-11-14(19)8-9-15(16)20/h8-9,11-13H,2-7,10H2,1H3,(H,21,23)(H,22,24). The van der Waals surface area contributed by atoms with Crippen molar-refractivity contribution in [1.29, 1.82) is 0 Å². The maximum absolute atomic E-state index is 12.4. The number of hydrogen-bond donors (Lipinski definition) is 2. The van der Waals surface area contributed by atoms with Gasteiger partial charge in [-0.1, -0.05) is 36.5 Å². The van der Waals surface area contributed by atoms with Crippen LogP contribution in [-0.2, 0) is 9.59 Å². The van der Waals surface area contributed by atoms with Gasteiger partial charge in [0.1, 0.15) is 0 Å². The first-order valence-electron chi connectivity index (χ1n) is 8.55. The molecule has 0 heterocycles. The van der Waals surface area contributed by atoms with E-state index in [0.29, 0.717) is 15.7 Å². The highest BCUT2D eigenvalue weighted by atomic mass is 35.5. The van der Waals surface area contributed by atoms with Crippen molar-refractivity contribution in [3.63, 3.8) is 0 Å². The van der Waals surface area contributed by atoms with Crippen LogP contribution in [0.4, 0.5) is 5.69 Å². The number of rotatable bonds is 6. The van der Waals surface area contributed by atoms with E-state index in [4.69, 9.17) is 23.2 Å². The topological polar surface area (TPSA) is 58.2 Å². The minimum Gasteiger partial charge on any atom is -0.356 e. The molecule has 0 bridgehead atoms. The Balaban J connectivity index is 1.82. The van der Waals surface area contributed by atoms with E-state index in [1.807, 2.05) is 0 Å². The smallest absolute Gasteiger partial charge is 0.227 e. The second-order valence-corrected chi connectivity index (χ2v) is 7.15. The van der Waals surface area contributed by atoms with Crippen LogP contribution in [0.5, 0.6) is 0 Å². The van der Waals surface area contributed by atoms with E-state index >= 15 is 0 Å². The Morgan fingerprint density at radius 2 is 1.71 bits per heavy atom. The van der Waals surface area contributed by atoms with Gasteiger partial charge >= 0.3 is 0 Å². The van der Waals surface area contributed by atoms with Crippen molar-refractivity contribution in [2.24, 2.45) is 11.8 Å². The molecule has 0 atom stereocenters. The third-order valence-corrected chi connectivity index (χ3v) is 5.05. The molecule has 4 nitrogen and oxygen atoms in total. The van der Waals surface area contributed by atoms with Crippen LogP contribution in [0, 0.1) is 11.8 Å². The van der Waals surface area contributed by atoms with E-state index in [9.17, 15) is 9.59 Å². The zero-order valence-electron chi connectivity index (χ0n) is 13.9. The Kier molecular flexibility index (Phi) is 7.38. The van der Waals surface area contributed by atoms with Crippen LogP contribution in [-0.4, -0.2) is 18.4 Å². The number of halogens is 2. The number of nitrogens with one attached hydrogen (secondary N) is 2. The van der Waals surface area contributed by atoms with Crippen molar-refractivity contribution in [2.45, 2.75) is 45.4 Å². The number of carbonyl (C=O) groups excluding carboxylic acids is 2. The maximum atomic E-state index is 12.4. The fourth-order valence-electron chi connectivity index (χ4n) is 2.98. The molecule has 0 aromatic heterocycles. The lowest BCUT2D eigenvalue weighted by atomic mass is 9.81. The van der Waals surface area contributed by atoms with Gasteiger partial charge in [-0.15, -0.1) is 0 Å². The zero-order valence-corrected chi connectivity index (χ0v) is 15.4. The largest absolute Gasteiger partial charge is 0.356 e. The quantitative estimate of drug-likeness (QED) is 0.715. The van der Waals surface area contributed by atoms with E-state index in [1.165, 1.54) is 0 Å². The number of amides is 2. The summed E-state index contributed by atoms with van der Waals surface area (Å²) in [6.07, 6.45) is 5.01. The average Bonchev–Trinajstić information content (AvgIpc) is 2.58. The van der Waals surface area contributed by atoms with Gasteiger partial charge in [0.15, 0.2) is 0 Å². The lowest BCUT2D eigenvalue weighted by Crippen LogP contribution is -2.35. The molecule has 1 saturated carbocycles. The highest BCUT2D eigenvalue weighted by molar-refractivity contribution is 6.35. The summed E-state index contributed by atoms with van der Waals surface area (Å²) in [5.74, 6) is 0.0182. The second kappa shape index (κ2) is 9.28. The number of anilines is 1. The Bertz CT molecular complexity index is 584. The normalized spacial score (nSPS) is 20.5. The van der Waals surface area contributed by atoms with Gasteiger partial charge in [0.2, 0.25) is 11.8 Å². The van der Waals surface area contributed by atoms with Crippen LogP contribution in [0.2, 0.25) is 10.0 Å². The molecule has 2 amide bonds. The van der Waals surface area contributed by atoms with Crippen molar-refractivity contribution in [2.75, 3.05) is 11.9 Å². The molecular formula is C18H24Cl2N2O2. The van der Waals surface area contributed by atoms with Crippen LogP contribution in [0.25, 0.3) is 0 Å². The Hall–Kier alpha value is -1.26. The van der Waals surface area contributed by atoms with Crippen LogP contribution in [0.1, 0.15) is 45.4 Å². The number of hydrogen-bond acceptors (Lipinski definition) is 2. The average molecular weight is 371 g/mol. The lowest BCUT2D eigenvalue weighted by molar-refractivity contribution is -0.128. The summed E-state index contributed by atoms with van der Waals surface area (Å²) in [6, 6.07) is 4.99. The summed E-state index contributed by atoms with van der Waals surface area (Å²) in [4.78, 5) is 24.5. The lowest BCUT2D eigenvalue weighted by Gasteiger charge is -2.27. The Labute approximate surface area is 153 Å². The molecule has 2 rings (SSSR count). The van der Waals surface area contributed by atoms with Crippen LogP contribution in [0.3, 0.4) is 0 Å². The molecule has 0 spiro atoms. The van der Waals surface area contributed by atoms with E-state index in [1.54, 1.807) is 18.2 Å². The molecule has 0 saturated heterocycles. The SMILES string of the molecule is CCCCNC(=O)C1CCC(C(=O)Nc2cc(Cl)ccc2Cl)CC1. The summed E-state index contributed by atoms with van der Waals surface area (Å²) in [6.45, 7) is 2.84. The molecule has 0 unspecified atom stereocenters. The fourth-order valence-corrected chi connectivity index (χ4v) is 3.32. The summed E-state index contributed by atoms with van der Waals surface area (Å²) >= 11 is 12.0. The van der Waals surface area contributed by atoms with Gasteiger partial charge in [0.25, 0.3) is 0 Å². The number of benzene rings is 1. The number of carbonyl (C=O) groups is 2. The van der Waals surface area contributed by atoms with Gasteiger partial charge < -0.3 is 10.6 Å². The molecule has 1 fully saturated rings. The predicted molar refractivity (Wildman–Crippen MR) is 98.5 cm³/mol. The summed E-state index contributed by atoms with van der Waals surface area (Å²) in [5.41, 5.74) is 0.536. The highest BCUT2D eigenvalue weighted by Gasteiger charge is 2.30. The van der Waals surface area contributed by atoms with Crippen molar-refractivity contribution >= 4 is 40.7 Å². The van der Waals surface area contributed by atoms with Crippen LogP contribution >= 0.6 is 23.2 Å². The van der Waals surface area contributed by atoms with E-state index in [0.717, 1.165) is 45.1 Å². The predicted octanol–water partition coefficient (Wildman–Crippen LogP) is 4.65. The third-order valence-electron chi connectivity index (χ3n) is 4.48. The highest BCUT2D eigenvalue weighted by Crippen LogP contribution is 2.31. The maximum Gasteiger partial charge on any atom is 0.227 e. The minimum absolute atomic E-state index is 0.0284. The third kappa shape index (κ3) is 5.38. The van der Waals surface area contributed by atoms with Gasteiger partial charge in [-0.25, -0.2) is 0 Å². The monoisotopic (exact) mass is 370 g/mol. The summed E-state index contributed by atoms with van der Waals surface area (Å²) in [7, 11) is 0. The van der Waals surface area contributed by atoms with Crippen LogP contribution in [0.15, 0.2) is 18.2 Å². The summed E-state index contributed by atoms with van der Waals surface area (Å²) < 4.78 is 0. The van der Waals surface area contributed by atoms with Crippen molar-refractivity contribution in [1.82, 2.24) is 5.32 Å². The molecule has 1 aliphatic carbocycles. The van der Waals surface area contributed by atoms with Gasteiger partial charge in [0, 0.05) is 23.4 Å². The first kappa shape index (κ1) is 19.1. The summed E-state index contributed by atoms with van der Waals surface area (Å²) in [5, 5.41) is 6.83. The Morgan fingerprint density at radius 3 is 2.33 bits per heavy atom. The molecular weight excluding hydrogens is 347 g/mol. The van der Waals surface area contributed by atoms with E-state index in [-0.39, 0.29) is 23.7 Å². The van der Waals surface area contributed by atoms with Gasteiger partial charge in [-0.3, -0.25) is 9.59 Å². The van der Waals surface area contributed by atoms with Gasteiger partial charge in [-0.2, -0.15) is 0 Å². The van der Waals surface area contributed by atoms with Gasteiger partial charge in [0.05, 0.1) is 10.7 Å². The molecule has 6 heteroatoms. The molecule has 132 valence electrons.